The number of halogens is 3. The zero-order valence-electron chi connectivity index (χ0n) is 19.5. The molecule has 1 fully saturated rings. The highest BCUT2D eigenvalue weighted by molar-refractivity contribution is 5.78. The van der Waals surface area contributed by atoms with Gasteiger partial charge in [0.25, 0.3) is 0 Å². The molecule has 1 saturated carbocycles. The summed E-state index contributed by atoms with van der Waals surface area (Å²) in [7, 11) is 1.73. The number of nitrogens with one attached hydrogen (secondary N) is 3. The van der Waals surface area contributed by atoms with Gasteiger partial charge >= 0.3 is 6.36 Å². The number of hydrogen-bond acceptors (Lipinski definition) is 8. The second-order valence-electron chi connectivity index (χ2n) is 8.36. The molecule has 12 heteroatoms. The van der Waals surface area contributed by atoms with Crippen molar-refractivity contribution in [3.8, 4) is 17.1 Å². The first kappa shape index (κ1) is 25.1. The molecule has 36 heavy (non-hydrogen) atoms. The van der Waals surface area contributed by atoms with E-state index in [9.17, 15) is 18.0 Å². The quantitative estimate of drug-likeness (QED) is 0.422. The van der Waals surface area contributed by atoms with Crippen molar-refractivity contribution in [2.24, 2.45) is 5.92 Å². The monoisotopic (exact) mass is 501 g/mol. The van der Waals surface area contributed by atoms with Crippen LogP contribution in [0.15, 0.2) is 48.8 Å². The van der Waals surface area contributed by atoms with Crippen LogP contribution in [0.25, 0.3) is 11.4 Å². The summed E-state index contributed by atoms with van der Waals surface area (Å²) in [5.41, 5.74) is 1.03. The first-order valence-corrected chi connectivity index (χ1v) is 11.5. The summed E-state index contributed by atoms with van der Waals surface area (Å²) < 4.78 is 41.9. The lowest BCUT2D eigenvalue weighted by Crippen LogP contribution is -2.36. The minimum Gasteiger partial charge on any atom is -0.405 e. The van der Waals surface area contributed by atoms with Crippen molar-refractivity contribution >= 4 is 17.8 Å². The second-order valence-corrected chi connectivity index (χ2v) is 8.36. The average Bonchev–Trinajstić information content (AvgIpc) is 2.88. The van der Waals surface area contributed by atoms with Gasteiger partial charge in [0, 0.05) is 49.1 Å². The summed E-state index contributed by atoms with van der Waals surface area (Å²) >= 11 is 0. The van der Waals surface area contributed by atoms with E-state index in [0.29, 0.717) is 43.4 Å². The Hall–Kier alpha value is -3.96. The van der Waals surface area contributed by atoms with Gasteiger partial charge in [0.15, 0.2) is 5.82 Å². The van der Waals surface area contributed by atoms with Gasteiger partial charge in [0.2, 0.25) is 17.8 Å². The third-order valence-electron chi connectivity index (χ3n) is 5.86. The lowest BCUT2D eigenvalue weighted by atomic mass is 9.85. The van der Waals surface area contributed by atoms with E-state index in [0.717, 1.165) is 5.56 Å². The number of anilines is 2. The third kappa shape index (κ3) is 6.80. The largest absolute Gasteiger partial charge is 0.573 e. The summed E-state index contributed by atoms with van der Waals surface area (Å²) in [5.74, 6) is 0.620. The molecule has 3 N–H and O–H groups in total. The highest BCUT2D eigenvalue weighted by Crippen LogP contribution is 2.28. The van der Waals surface area contributed by atoms with E-state index >= 15 is 0 Å². The van der Waals surface area contributed by atoms with E-state index in [1.165, 1.54) is 18.2 Å². The van der Waals surface area contributed by atoms with Crippen LogP contribution in [-0.4, -0.2) is 45.3 Å². The van der Waals surface area contributed by atoms with E-state index in [1.807, 2.05) is 6.07 Å². The summed E-state index contributed by atoms with van der Waals surface area (Å²) in [6.45, 7) is -0.0436. The van der Waals surface area contributed by atoms with Crippen LogP contribution in [0.2, 0.25) is 0 Å². The Kier molecular flexibility index (Phi) is 7.81. The molecule has 0 unspecified atom stereocenters. The van der Waals surface area contributed by atoms with Gasteiger partial charge in [-0.15, -0.1) is 13.2 Å². The summed E-state index contributed by atoms with van der Waals surface area (Å²) in [6, 6.07) is 9.52. The molecule has 9 nitrogen and oxygen atoms in total. The van der Waals surface area contributed by atoms with Crippen molar-refractivity contribution < 1.29 is 22.7 Å². The number of hydrogen-bond donors (Lipinski definition) is 3. The van der Waals surface area contributed by atoms with Gasteiger partial charge in [-0.25, -0.2) is 0 Å². The maximum atomic E-state index is 12.7. The van der Waals surface area contributed by atoms with Crippen molar-refractivity contribution in [2.45, 2.75) is 44.6 Å². The summed E-state index contributed by atoms with van der Waals surface area (Å²) in [5, 5.41) is 9.01. The Morgan fingerprint density at radius 2 is 1.78 bits per heavy atom. The number of nitrogens with zero attached hydrogens (tertiary/aromatic N) is 4. The Morgan fingerprint density at radius 1 is 1.03 bits per heavy atom. The second kappa shape index (κ2) is 11.2. The number of benzene rings is 1. The zero-order chi connectivity index (χ0) is 25.5. The number of ether oxygens (including phenoxy) is 1. The maximum absolute atomic E-state index is 12.7. The molecule has 0 bridgehead atoms. The molecule has 2 heterocycles. The lowest BCUT2D eigenvalue weighted by Gasteiger charge is -2.28. The fraction of sp³-hybridized carbons (Fsp3) is 0.375. The molecule has 2 aromatic heterocycles. The smallest absolute Gasteiger partial charge is 0.405 e. The predicted molar refractivity (Wildman–Crippen MR) is 127 cm³/mol. The van der Waals surface area contributed by atoms with Crippen molar-refractivity contribution in [2.75, 3.05) is 17.7 Å². The molecule has 0 spiro atoms. The number of amides is 1. The van der Waals surface area contributed by atoms with Crippen LogP contribution in [0.3, 0.4) is 0 Å². The van der Waals surface area contributed by atoms with Crippen LogP contribution < -0.4 is 20.7 Å². The number of carbonyl (C=O) groups excluding carboxylic acids is 1. The predicted octanol–water partition coefficient (Wildman–Crippen LogP) is 4.16. The maximum Gasteiger partial charge on any atom is 0.573 e. The first-order chi connectivity index (χ1) is 17.3. The molecular weight excluding hydrogens is 475 g/mol. The fourth-order valence-electron chi connectivity index (χ4n) is 4.06. The number of alkyl halides is 3. The van der Waals surface area contributed by atoms with Crippen molar-refractivity contribution in [3.05, 3.63) is 54.4 Å². The van der Waals surface area contributed by atoms with E-state index in [2.05, 4.69) is 40.6 Å². The molecule has 1 aliphatic rings. The fourth-order valence-corrected chi connectivity index (χ4v) is 4.06. The average molecular weight is 502 g/mol. The molecule has 0 radical (unpaired) electrons. The number of aromatic nitrogens is 4. The van der Waals surface area contributed by atoms with E-state index in [1.54, 1.807) is 31.6 Å². The van der Waals surface area contributed by atoms with Crippen LogP contribution in [0, 0.1) is 5.92 Å². The highest BCUT2D eigenvalue weighted by atomic mass is 19.4. The molecular formula is C24H26F3N7O2. The van der Waals surface area contributed by atoms with E-state index in [4.69, 9.17) is 0 Å². The SMILES string of the molecule is CNc1nc(N[C@H]2CC[C@@H](C(=O)NCc3ccccc3OC(F)(F)F)CC2)nc(-c2cccnc2)n1. The number of pyridine rings is 1. The molecule has 1 aliphatic carbocycles. The van der Waals surface area contributed by atoms with E-state index < -0.39 is 6.36 Å². The van der Waals surface area contributed by atoms with E-state index in [-0.39, 0.29) is 35.7 Å². The number of para-hydroxylation sites is 1. The molecule has 0 atom stereocenters. The molecule has 1 amide bonds. The Bertz CT molecular complexity index is 1170. The van der Waals surface area contributed by atoms with Crippen LogP contribution in [0.4, 0.5) is 25.1 Å². The molecule has 4 rings (SSSR count). The van der Waals surface area contributed by atoms with Crippen LogP contribution >= 0.6 is 0 Å². The molecule has 1 aromatic carbocycles. The van der Waals surface area contributed by atoms with Gasteiger partial charge in [0.1, 0.15) is 5.75 Å². The van der Waals surface area contributed by atoms with Crippen LogP contribution in [-0.2, 0) is 11.3 Å². The van der Waals surface area contributed by atoms with Gasteiger partial charge in [0.05, 0.1) is 0 Å². The Morgan fingerprint density at radius 3 is 2.47 bits per heavy atom. The van der Waals surface area contributed by atoms with Gasteiger partial charge in [-0.05, 0) is 43.9 Å². The molecule has 0 aliphatic heterocycles. The number of carbonyl (C=O) groups is 1. The molecule has 0 saturated heterocycles. The van der Waals surface area contributed by atoms with Crippen molar-refractivity contribution in [3.63, 3.8) is 0 Å². The standard InChI is InChI=1S/C24H26F3N7O2/c1-28-22-32-20(17-6-4-12-29-13-17)33-23(34-22)31-18-10-8-15(9-11-18)21(35)30-14-16-5-2-3-7-19(16)36-24(25,26)27/h2-7,12-13,15,18H,8-11,14H2,1H3,(H,30,35)(H2,28,31,32,33,34)/t15-,18+. The van der Waals surface area contributed by atoms with Crippen LogP contribution in [0.5, 0.6) is 5.75 Å². The minimum absolute atomic E-state index is 0.0436. The lowest BCUT2D eigenvalue weighted by molar-refractivity contribution is -0.274. The third-order valence-corrected chi connectivity index (χ3v) is 5.86. The normalized spacial score (nSPS) is 17.8. The summed E-state index contributed by atoms with van der Waals surface area (Å²) in [6.07, 6.45) is 1.25. The zero-order valence-corrected chi connectivity index (χ0v) is 19.5. The summed E-state index contributed by atoms with van der Waals surface area (Å²) in [4.78, 5) is 30.1. The molecule has 3 aromatic rings. The topological polar surface area (TPSA) is 114 Å². The Balaban J connectivity index is 1.31. The number of rotatable bonds is 8. The highest BCUT2D eigenvalue weighted by Gasteiger charge is 2.32. The van der Waals surface area contributed by atoms with Crippen LogP contribution in [0.1, 0.15) is 31.2 Å². The van der Waals surface area contributed by atoms with Gasteiger partial charge < -0.3 is 20.7 Å². The van der Waals surface area contributed by atoms with Gasteiger partial charge in [-0.2, -0.15) is 15.0 Å². The van der Waals surface area contributed by atoms with Gasteiger partial charge in [-0.3, -0.25) is 9.78 Å². The van der Waals surface area contributed by atoms with Gasteiger partial charge in [-0.1, -0.05) is 18.2 Å². The first-order valence-electron chi connectivity index (χ1n) is 11.5. The molecule has 190 valence electrons. The van der Waals surface area contributed by atoms with Crippen molar-refractivity contribution in [1.29, 1.82) is 0 Å². The van der Waals surface area contributed by atoms with Crippen molar-refractivity contribution in [1.82, 2.24) is 25.3 Å². The minimum atomic E-state index is -4.79. The Labute approximate surface area is 205 Å².